The Labute approximate surface area is 122 Å². The summed E-state index contributed by atoms with van der Waals surface area (Å²) >= 11 is 6.08. The van der Waals surface area contributed by atoms with Crippen LogP contribution in [0.5, 0.6) is 0 Å². The van der Waals surface area contributed by atoms with Gasteiger partial charge in [0, 0.05) is 19.0 Å². The summed E-state index contributed by atoms with van der Waals surface area (Å²) in [5.74, 6) is 0.0391. The van der Waals surface area contributed by atoms with Crippen LogP contribution in [0.15, 0.2) is 0 Å². The highest BCUT2D eigenvalue weighted by Gasteiger charge is 2.34. The Hall–Kier alpha value is -1.08. The van der Waals surface area contributed by atoms with E-state index in [0.29, 0.717) is 28.9 Å². The van der Waals surface area contributed by atoms with Crippen LogP contribution in [-0.4, -0.2) is 38.0 Å². The number of nitrogens with two attached hydrogens (primary N) is 1. The van der Waals surface area contributed by atoms with Crippen molar-refractivity contribution in [2.75, 3.05) is 6.54 Å². The zero-order valence-corrected chi connectivity index (χ0v) is 12.6. The topological polar surface area (TPSA) is 72.1 Å². The Kier molecular flexibility index (Phi) is 4.81. The van der Waals surface area contributed by atoms with E-state index in [1.807, 2.05) is 4.90 Å². The number of carbonyl (C=O) groups is 1. The lowest BCUT2D eigenvalue weighted by molar-refractivity contribution is 0.0751. The van der Waals surface area contributed by atoms with Gasteiger partial charge >= 0.3 is 0 Å². The van der Waals surface area contributed by atoms with Gasteiger partial charge in [-0.3, -0.25) is 4.79 Å². The van der Waals surface area contributed by atoms with E-state index in [-0.39, 0.29) is 5.91 Å². The number of amides is 1. The van der Waals surface area contributed by atoms with E-state index in [4.69, 9.17) is 18.0 Å². The van der Waals surface area contributed by atoms with Crippen LogP contribution >= 0.6 is 23.8 Å². The van der Waals surface area contributed by atoms with Crippen molar-refractivity contribution in [2.24, 2.45) is 5.73 Å². The molecule has 0 bridgehead atoms. The van der Waals surface area contributed by atoms with Gasteiger partial charge in [-0.1, -0.05) is 30.1 Å². The molecule has 19 heavy (non-hydrogen) atoms. The number of hydrogen-bond donors (Lipinski definition) is 1. The maximum absolute atomic E-state index is 12.6. The first kappa shape index (κ1) is 14.3. The van der Waals surface area contributed by atoms with E-state index in [1.54, 1.807) is 0 Å². The number of carbonyl (C=O) groups excluding carboxylic acids is 1. The van der Waals surface area contributed by atoms with Crippen LogP contribution in [0.1, 0.15) is 48.0 Å². The summed E-state index contributed by atoms with van der Waals surface area (Å²) in [6.07, 6.45) is 4.47. The molecule has 1 fully saturated rings. The highest BCUT2D eigenvalue weighted by Crippen LogP contribution is 2.29. The maximum Gasteiger partial charge on any atom is 0.267 e. The van der Waals surface area contributed by atoms with Gasteiger partial charge in [0.15, 0.2) is 0 Å². The zero-order chi connectivity index (χ0) is 13.8. The summed E-state index contributed by atoms with van der Waals surface area (Å²) in [4.78, 5) is 15.6. The average Bonchev–Trinajstić information content (AvgIpc) is 3.09. The molecular formula is C12H18N4OS2. The van der Waals surface area contributed by atoms with Gasteiger partial charge in [0.1, 0.15) is 4.88 Å². The van der Waals surface area contributed by atoms with Gasteiger partial charge in [-0.15, -0.1) is 5.10 Å². The van der Waals surface area contributed by atoms with E-state index >= 15 is 0 Å². The Morgan fingerprint density at radius 3 is 2.89 bits per heavy atom. The molecule has 1 aromatic heterocycles. The van der Waals surface area contributed by atoms with Gasteiger partial charge in [0.25, 0.3) is 5.91 Å². The third-order valence-corrected chi connectivity index (χ3v) is 4.04. The van der Waals surface area contributed by atoms with Crippen LogP contribution in [0.25, 0.3) is 0 Å². The van der Waals surface area contributed by atoms with Crippen molar-refractivity contribution in [3.63, 3.8) is 0 Å². The van der Waals surface area contributed by atoms with E-state index < -0.39 is 0 Å². The molecular weight excluding hydrogens is 280 g/mol. The third-order valence-electron chi connectivity index (χ3n) is 3.08. The highest BCUT2D eigenvalue weighted by atomic mass is 32.1. The van der Waals surface area contributed by atoms with Gasteiger partial charge in [-0.05, 0) is 30.8 Å². The number of nitrogens with zero attached hydrogens (tertiary/aromatic N) is 3. The van der Waals surface area contributed by atoms with Crippen LogP contribution in [0.2, 0.25) is 0 Å². The molecule has 1 amide bonds. The number of aryl methyl sites for hydroxylation is 1. The molecule has 1 aromatic rings. The summed E-state index contributed by atoms with van der Waals surface area (Å²) in [6.45, 7) is 2.67. The highest BCUT2D eigenvalue weighted by molar-refractivity contribution is 7.80. The van der Waals surface area contributed by atoms with E-state index in [2.05, 4.69) is 16.5 Å². The van der Waals surface area contributed by atoms with Gasteiger partial charge in [-0.2, -0.15) is 0 Å². The van der Waals surface area contributed by atoms with Crippen molar-refractivity contribution in [3.8, 4) is 0 Å². The minimum Gasteiger partial charge on any atom is -0.393 e. The van der Waals surface area contributed by atoms with Crippen LogP contribution in [0.4, 0.5) is 0 Å². The van der Waals surface area contributed by atoms with Crippen LogP contribution in [-0.2, 0) is 6.42 Å². The molecule has 2 N–H and O–H groups in total. The van der Waals surface area contributed by atoms with E-state index in [1.165, 1.54) is 11.5 Å². The summed E-state index contributed by atoms with van der Waals surface area (Å²) in [5.41, 5.74) is 6.35. The summed E-state index contributed by atoms with van der Waals surface area (Å²) in [5, 5.41) is 4.05. The fourth-order valence-electron chi connectivity index (χ4n) is 1.97. The van der Waals surface area contributed by atoms with Crippen LogP contribution in [0.3, 0.4) is 0 Å². The van der Waals surface area contributed by atoms with Crippen molar-refractivity contribution in [1.82, 2.24) is 14.5 Å². The van der Waals surface area contributed by atoms with Crippen LogP contribution in [0, 0.1) is 0 Å². The van der Waals surface area contributed by atoms with Crippen molar-refractivity contribution >= 4 is 34.6 Å². The molecule has 0 unspecified atom stereocenters. The molecule has 0 aliphatic heterocycles. The lowest BCUT2D eigenvalue weighted by Gasteiger charge is -2.21. The molecule has 1 aliphatic rings. The van der Waals surface area contributed by atoms with E-state index in [9.17, 15) is 4.79 Å². The van der Waals surface area contributed by atoms with Crippen molar-refractivity contribution < 1.29 is 4.79 Å². The quantitative estimate of drug-likeness (QED) is 0.777. The average molecular weight is 298 g/mol. The molecule has 5 nitrogen and oxygen atoms in total. The molecule has 2 rings (SSSR count). The number of hydrogen-bond acceptors (Lipinski definition) is 5. The first-order valence-corrected chi connectivity index (χ1v) is 7.72. The fraction of sp³-hybridized carbons (Fsp3) is 0.667. The third kappa shape index (κ3) is 3.70. The second kappa shape index (κ2) is 6.38. The van der Waals surface area contributed by atoms with Gasteiger partial charge in [0.05, 0.1) is 10.7 Å². The maximum atomic E-state index is 12.6. The largest absolute Gasteiger partial charge is 0.393 e. The Balaban J connectivity index is 2.09. The minimum atomic E-state index is 0.0391. The summed E-state index contributed by atoms with van der Waals surface area (Å²) < 4.78 is 3.91. The molecule has 0 aromatic carbocycles. The Morgan fingerprint density at radius 1 is 1.58 bits per heavy atom. The molecule has 0 radical (unpaired) electrons. The second-order valence-electron chi connectivity index (χ2n) is 4.74. The number of aromatic nitrogens is 2. The van der Waals surface area contributed by atoms with Crippen molar-refractivity contribution in [3.05, 3.63) is 10.6 Å². The predicted octanol–water partition coefficient (Wildman–Crippen LogP) is 1.77. The Bertz CT molecular complexity index is 470. The molecule has 1 heterocycles. The molecule has 1 aliphatic carbocycles. The lowest BCUT2D eigenvalue weighted by Crippen LogP contribution is -2.35. The van der Waals surface area contributed by atoms with Gasteiger partial charge in [-0.25, -0.2) is 0 Å². The van der Waals surface area contributed by atoms with Gasteiger partial charge in [0.2, 0.25) is 0 Å². The summed E-state index contributed by atoms with van der Waals surface area (Å²) in [6, 6.07) is 0.346. The second-order valence-corrected chi connectivity index (χ2v) is 6.02. The van der Waals surface area contributed by atoms with Crippen molar-refractivity contribution in [1.29, 1.82) is 0 Å². The monoisotopic (exact) mass is 298 g/mol. The first-order chi connectivity index (χ1) is 9.13. The van der Waals surface area contributed by atoms with Crippen molar-refractivity contribution in [2.45, 2.75) is 45.1 Å². The standard InChI is InChI=1S/C12H18N4OS2/c1-2-3-9-11(19-15-14-9)12(17)16(8-4-5-8)7-6-10(13)18/h8H,2-7H2,1H3,(H2,13,18). The Morgan fingerprint density at radius 2 is 2.32 bits per heavy atom. The predicted molar refractivity (Wildman–Crippen MR) is 79.4 cm³/mol. The SMILES string of the molecule is CCCc1nnsc1C(=O)N(CCC(N)=S)C1CC1. The minimum absolute atomic E-state index is 0.0391. The first-order valence-electron chi connectivity index (χ1n) is 6.54. The smallest absolute Gasteiger partial charge is 0.267 e. The zero-order valence-electron chi connectivity index (χ0n) is 11.0. The summed E-state index contributed by atoms with van der Waals surface area (Å²) in [7, 11) is 0. The molecule has 0 spiro atoms. The lowest BCUT2D eigenvalue weighted by atomic mass is 10.2. The molecule has 7 heteroatoms. The number of thiocarbonyl (C=S) groups is 1. The normalized spacial score (nSPS) is 14.4. The number of rotatable bonds is 7. The molecule has 0 atom stereocenters. The molecule has 1 saturated carbocycles. The van der Waals surface area contributed by atoms with E-state index in [0.717, 1.165) is 31.4 Å². The molecule has 104 valence electrons. The molecule has 0 saturated heterocycles. The van der Waals surface area contributed by atoms with Gasteiger partial charge < -0.3 is 10.6 Å². The van der Waals surface area contributed by atoms with Crippen LogP contribution < -0.4 is 5.73 Å². The fourth-order valence-corrected chi connectivity index (χ4v) is 2.72.